The topological polar surface area (TPSA) is 81.4 Å². The van der Waals surface area contributed by atoms with Gasteiger partial charge in [0.2, 0.25) is 0 Å². The number of carbonyl (C=O) groups excluding carboxylic acids is 2. The van der Waals surface area contributed by atoms with E-state index < -0.39 is 11.7 Å². The zero-order valence-corrected chi connectivity index (χ0v) is 23.2. The Hall–Kier alpha value is -3.81. The van der Waals surface area contributed by atoms with E-state index in [-0.39, 0.29) is 11.9 Å². The third kappa shape index (κ3) is 4.99. The summed E-state index contributed by atoms with van der Waals surface area (Å²) in [7, 11) is 2.02. The smallest absolute Gasteiger partial charge is 0.407 e. The number of piperidine rings is 1. The Kier molecular flexibility index (Phi) is 6.67. The Morgan fingerprint density at radius 3 is 2.61 bits per heavy atom. The number of aryl methyl sites for hydroxylation is 3. The molecule has 8 nitrogen and oxygen atoms in total. The summed E-state index contributed by atoms with van der Waals surface area (Å²) in [5, 5.41) is 4.12. The quantitative estimate of drug-likeness (QED) is 0.381. The molecule has 8 heteroatoms. The summed E-state index contributed by atoms with van der Waals surface area (Å²) in [5.41, 5.74) is 5.29. The number of alkyl carbamates (subject to hydrolysis) is 1. The van der Waals surface area contributed by atoms with E-state index >= 15 is 0 Å². The predicted octanol–water partition coefficient (Wildman–Crippen LogP) is 5.65. The second-order valence-corrected chi connectivity index (χ2v) is 11.3. The van der Waals surface area contributed by atoms with E-state index in [2.05, 4.69) is 52.6 Å². The highest BCUT2D eigenvalue weighted by Gasteiger charge is 2.28. The molecule has 0 spiro atoms. The number of aromatic nitrogens is 3. The van der Waals surface area contributed by atoms with E-state index in [1.54, 1.807) is 0 Å². The highest BCUT2D eigenvalue weighted by molar-refractivity contribution is 5.98. The van der Waals surface area contributed by atoms with Crippen molar-refractivity contribution >= 4 is 33.9 Å². The van der Waals surface area contributed by atoms with Gasteiger partial charge in [0.25, 0.3) is 5.91 Å². The van der Waals surface area contributed by atoms with Gasteiger partial charge in [-0.05, 0) is 83.9 Å². The van der Waals surface area contributed by atoms with E-state index in [0.29, 0.717) is 18.7 Å². The first-order valence-electron chi connectivity index (χ1n) is 13.4. The van der Waals surface area contributed by atoms with E-state index in [1.165, 1.54) is 16.5 Å². The van der Waals surface area contributed by atoms with E-state index in [0.717, 1.165) is 41.9 Å². The third-order valence-electron chi connectivity index (χ3n) is 7.16. The summed E-state index contributed by atoms with van der Waals surface area (Å²) in [6.07, 6.45) is 1.19. The van der Waals surface area contributed by atoms with Crippen LogP contribution in [0.5, 0.6) is 0 Å². The molecule has 1 aliphatic rings. The van der Waals surface area contributed by atoms with Gasteiger partial charge in [0.05, 0.1) is 16.7 Å². The van der Waals surface area contributed by atoms with Crippen molar-refractivity contribution in [2.24, 2.45) is 7.05 Å². The fraction of sp³-hybridized carbons (Fsp3) is 0.433. The van der Waals surface area contributed by atoms with Gasteiger partial charge in [-0.25, -0.2) is 9.78 Å². The fourth-order valence-electron chi connectivity index (χ4n) is 5.41. The molecule has 1 N–H and O–H groups in total. The molecular formula is C30H37N5O3. The Morgan fingerprint density at radius 2 is 1.87 bits per heavy atom. The van der Waals surface area contributed by atoms with Crippen LogP contribution in [0, 0.1) is 6.92 Å². The molecule has 1 saturated heterocycles. The molecule has 38 heavy (non-hydrogen) atoms. The normalized spacial score (nSPS) is 16.3. The lowest BCUT2D eigenvalue weighted by Crippen LogP contribution is -2.50. The average molecular weight is 516 g/mol. The van der Waals surface area contributed by atoms with Crippen LogP contribution in [0.4, 0.5) is 4.79 Å². The van der Waals surface area contributed by atoms with Crippen LogP contribution in [0.25, 0.3) is 33.5 Å². The predicted molar refractivity (Wildman–Crippen MR) is 150 cm³/mol. The summed E-state index contributed by atoms with van der Waals surface area (Å²) < 4.78 is 9.78. The number of hydrogen-bond donors (Lipinski definition) is 1. The Balaban J connectivity index is 1.40. The number of ether oxygens (including phenoxy) is 1. The number of rotatable bonds is 4. The summed E-state index contributed by atoms with van der Waals surface area (Å²) >= 11 is 0. The van der Waals surface area contributed by atoms with Crippen LogP contribution in [0.15, 0.2) is 42.5 Å². The molecule has 2 aromatic heterocycles. The van der Waals surface area contributed by atoms with Crippen LogP contribution in [0.2, 0.25) is 0 Å². The average Bonchev–Trinajstić information content (AvgIpc) is 3.38. The molecule has 1 aliphatic heterocycles. The van der Waals surface area contributed by atoms with Crippen LogP contribution in [-0.2, 0) is 18.3 Å². The van der Waals surface area contributed by atoms with Crippen molar-refractivity contribution in [3.05, 3.63) is 53.6 Å². The van der Waals surface area contributed by atoms with Gasteiger partial charge in [-0.2, -0.15) is 0 Å². The van der Waals surface area contributed by atoms with Gasteiger partial charge in [0.1, 0.15) is 5.60 Å². The SMILES string of the molecule is CCn1c(-c2nc3cc(C(=O)N4CCCC(NC(=O)OC(C)(C)C)C4)ccc3n2C)cc2cc(C)ccc21. The molecule has 0 radical (unpaired) electrons. The summed E-state index contributed by atoms with van der Waals surface area (Å²) in [5.74, 6) is 0.827. The molecule has 5 rings (SSSR count). The zero-order chi connectivity index (χ0) is 27.2. The Morgan fingerprint density at radius 1 is 1.11 bits per heavy atom. The zero-order valence-electron chi connectivity index (χ0n) is 23.2. The van der Waals surface area contributed by atoms with Crippen LogP contribution in [0.1, 0.15) is 56.5 Å². The summed E-state index contributed by atoms with van der Waals surface area (Å²) in [6, 6.07) is 14.3. The molecule has 0 aliphatic carbocycles. The van der Waals surface area contributed by atoms with Crippen molar-refractivity contribution in [1.82, 2.24) is 24.3 Å². The van der Waals surface area contributed by atoms with Gasteiger partial charge in [0, 0.05) is 49.2 Å². The van der Waals surface area contributed by atoms with E-state index in [9.17, 15) is 9.59 Å². The summed E-state index contributed by atoms with van der Waals surface area (Å²) in [6.45, 7) is 11.7. The minimum Gasteiger partial charge on any atom is -0.444 e. The third-order valence-corrected chi connectivity index (χ3v) is 7.16. The number of hydrogen-bond acceptors (Lipinski definition) is 4. The van der Waals surface area contributed by atoms with Crippen molar-refractivity contribution in [3.8, 4) is 11.5 Å². The van der Waals surface area contributed by atoms with Crippen LogP contribution in [0.3, 0.4) is 0 Å². The van der Waals surface area contributed by atoms with Gasteiger partial charge in [0.15, 0.2) is 5.82 Å². The number of nitrogens with one attached hydrogen (secondary N) is 1. The summed E-state index contributed by atoms with van der Waals surface area (Å²) in [4.78, 5) is 32.5. The molecule has 2 aromatic carbocycles. The second kappa shape index (κ2) is 9.82. The van der Waals surface area contributed by atoms with Crippen LogP contribution in [-0.4, -0.2) is 55.8 Å². The Labute approximate surface area is 223 Å². The molecule has 200 valence electrons. The van der Waals surface area contributed by atoms with Gasteiger partial charge in [-0.3, -0.25) is 4.79 Å². The molecule has 1 atom stereocenters. The first-order valence-corrected chi connectivity index (χ1v) is 13.4. The number of nitrogens with zero attached hydrogens (tertiary/aromatic N) is 4. The fourth-order valence-corrected chi connectivity index (χ4v) is 5.41. The highest BCUT2D eigenvalue weighted by Crippen LogP contribution is 2.31. The maximum atomic E-state index is 13.5. The molecule has 1 fully saturated rings. The highest BCUT2D eigenvalue weighted by atomic mass is 16.6. The molecule has 0 saturated carbocycles. The monoisotopic (exact) mass is 515 g/mol. The lowest BCUT2D eigenvalue weighted by molar-refractivity contribution is 0.0452. The molecule has 0 bridgehead atoms. The maximum Gasteiger partial charge on any atom is 0.407 e. The molecule has 1 unspecified atom stereocenters. The first-order chi connectivity index (χ1) is 18.0. The lowest BCUT2D eigenvalue weighted by Gasteiger charge is -2.33. The van der Waals surface area contributed by atoms with Crippen molar-refractivity contribution in [2.45, 2.75) is 65.6 Å². The lowest BCUT2D eigenvalue weighted by atomic mass is 10.0. The number of imidazole rings is 1. The van der Waals surface area contributed by atoms with Gasteiger partial charge >= 0.3 is 6.09 Å². The second-order valence-electron chi connectivity index (χ2n) is 11.3. The Bertz CT molecular complexity index is 1520. The van der Waals surface area contributed by atoms with Crippen molar-refractivity contribution in [1.29, 1.82) is 0 Å². The molecule has 3 heterocycles. The minimum atomic E-state index is -0.560. The van der Waals surface area contributed by atoms with Crippen LogP contribution < -0.4 is 5.32 Å². The number of fused-ring (bicyclic) bond motifs is 2. The van der Waals surface area contributed by atoms with Crippen molar-refractivity contribution in [2.75, 3.05) is 13.1 Å². The van der Waals surface area contributed by atoms with Gasteiger partial charge in [-0.15, -0.1) is 0 Å². The van der Waals surface area contributed by atoms with E-state index in [4.69, 9.17) is 9.72 Å². The van der Waals surface area contributed by atoms with Crippen molar-refractivity contribution < 1.29 is 14.3 Å². The largest absolute Gasteiger partial charge is 0.444 e. The van der Waals surface area contributed by atoms with Gasteiger partial charge in [-0.1, -0.05) is 11.6 Å². The van der Waals surface area contributed by atoms with Crippen molar-refractivity contribution in [3.63, 3.8) is 0 Å². The van der Waals surface area contributed by atoms with E-state index in [1.807, 2.05) is 50.9 Å². The maximum absolute atomic E-state index is 13.5. The number of amides is 2. The molecule has 4 aromatic rings. The first kappa shape index (κ1) is 25.8. The number of benzene rings is 2. The molecular weight excluding hydrogens is 478 g/mol. The number of likely N-dealkylation sites (tertiary alicyclic amines) is 1. The standard InChI is InChI=1S/C30H37N5O3/c1-7-35-24-12-10-19(2)15-21(24)17-26(35)27-32-23-16-20(11-13-25(23)33(27)6)28(36)34-14-8-9-22(18-34)31-29(37)38-30(3,4)5/h10-13,15-17,22H,7-9,14,18H2,1-6H3,(H,31,37). The molecule has 2 amide bonds. The number of carbonyl (C=O) groups is 2. The van der Waals surface area contributed by atoms with Crippen LogP contribution >= 0.6 is 0 Å². The minimum absolute atomic E-state index is 0.0482. The van der Waals surface area contributed by atoms with Gasteiger partial charge < -0.3 is 24.1 Å².